The second kappa shape index (κ2) is 9.39. The number of piperidine rings is 1. The van der Waals surface area contributed by atoms with Crippen LogP contribution < -0.4 is 10.1 Å². The summed E-state index contributed by atoms with van der Waals surface area (Å²) in [7, 11) is 0. The van der Waals surface area contributed by atoms with Crippen LogP contribution in [0.3, 0.4) is 0 Å². The van der Waals surface area contributed by atoms with Gasteiger partial charge in [0.25, 0.3) is 5.91 Å². The molecule has 1 N–H and O–H groups in total. The van der Waals surface area contributed by atoms with E-state index in [0.29, 0.717) is 5.56 Å². The van der Waals surface area contributed by atoms with Crippen LogP contribution in [0.4, 0.5) is 0 Å². The number of hydrogen-bond donors (Lipinski definition) is 1. The number of unbranched alkanes of at least 4 members (excludes halogenated alkanes) is 1. The van der Waals surface area contributed by atoms with Gasteiger partial charge in [-0.1, -0.05) is 31.5 Å². The average molecular weight is 352 g/mol. The third-order valence-corrected chi connectivity index (χ3v) is 4.85. The van der Waals surface area contributed by atoms with Crippen LogP contribution in [0.15, 0.2) is 54.6 Å². The first-order valence-electron chi connectivity index (χ1n) is 9.61. The molecular formula is C22H28N2O2. The number of hydrogen-bond acceptors (Lipinski definition) is 3. The molecule has 4 nitrogen and oxygen atoms in total. The van der Waals surface area contributed by atoms with E-state index in [1.54, 1.807) is 0 Å². The first kappa shape index (κ1) is 18.5. The summed E-state index contributed by atoms with van der Waals surface area (Å²) in [6.45, 7) is 5.56. The van der Waals surface area contributed by atoms with Gasteiger partial charge in [-0.15, -0.1) is 0 Å². The van der Waals surface area contributed by atoms with Crippen LogP contribution in [0.5, 0.6) is 11.5 Å². The standard InChI is InChI=1S/C22H28N2O2/c1-2-3-15-24-16-13-19(14-17-24)23-22(25)18-9-11-21(12-10-18)26-20-7-5-4-6-8-20/h4-12,19H,2-3,13-17H2,1H3,(H,23,25). The lowest BCUT2D eigenvalue weighted by atomic mass is 10.0. The zero-order valence-corrected chi connectivity index (χ0v) is 15.5. The number of carbonyl (C=O) groups excluding carboxylic acids is 1. The Hall–Kier alpha value is -2.33. The van der Waals surface area contributed by atoms with E-state index in [4.69, 9.17) is 4.74 Å². The van der Waals surface area contributed by atoms with Crippen molar-refractivity contribution in [3.8, 4) is 11.5 Å². The molecule has 0 saturated carbocycles. The SMILES string of the molecule is CCCCN1CCC(NC(=O)c2ccc(Oc3ccccc3)cc2)CC1. The Morgan fingerprint density at radius 3 is 2.35 bits per heavy atom. The van der Waals surface area contributed by atoms with E-state index in [9.17, 15) is 4.79 Å². The lowest BCUT2D eigenvalue weighted by molar-refractivity contribution is 0.0911. The molecule has 0 aromatic heterocycles. The predicted molar refractivity (Wildman–Crippen MR) is 105 cm³/mol. The molecule has 0 radical (unpaired) electrons. The van der Waals surface area contributed by atoms with E-state index >= 15 is 0 Å². The molecule has 1 amide bonds. The van der Waals surface area contributed by atoms with Crippen LogP contribution in [0, 0.1) is 0 Å². The van der Waals surface area contributed by atoms with E-state index in [0.717, 1.165) is 37.4 Å². The first-order valence-corrected chi connectivity index (χ1v) is 9.61. The maximum atomic E-state index is 12.5. The maximum absolute atomic E-state index is 12.5. The minimum atomic E-state index is 0.00303. The van der Waals surface area contributed by atoms with Crippen molar-refractivity contribution in [2.75, 3.05) is 19.6 Å². The molecule has 0 unspecified atom stereocenters. The van der Waals surface area contributed by atoms with Crippen molar-refractivity contribution >= 4 is 5.91 Å². The second-order valence-corrected chi connectivity index (χ2v) is 6.88. The van der Waals surface area contributed by atoms with Crippen molar-refractivity contribution < 1.29 is 9.53 Å². The Bertz CT molecular complexity index is 677. The second-order valence-electron chi connectivity index (χ2n) is 6.88. The molecule has 1 aliphatic heterocycles. The van der Waals surface area contributed by atoms with Gasteiger partial charge < -0.3 is 15.0 Å². The molecule has 3 rings (SSSR count). The van der Waals surface area contributed by atoms with E-state index in [2.05, 4.69) is 17.1 Å². The number of benzene rings is 2. The molecule has 4 heteroatoms. The summed E-state index contributed by atoms with van der Waals surface area (Å²) >= 11 is 0. The van der Waals surface area contributed by atoms with Gasteiger partial charge in [0, 0.05) is 24.7 Å². The highest BCUT2D eigenvalue weighted by atomic mass is 16.5. The molecule has 1 fully saturated rings. The summed E-state index contributed by atoms with van der Waals surface area (Å²) < 4.78 is 5.77. The summed E-state index contributed by atoms with van der Waals surface area (Å²) in [5.74, 6) is 1.53. The first-order chi connectivity index (χ1) is 12.7. The molecule has 1 saturated heterocycles. The van der Waals surface area contributed by atoms with Crippen LogP contribution in [0.1, 0.15) is 43.0 Å². The predicted octanol–water partition coefficient (Wildman–Crippen LogP) is 4.47. The van der Waals surface area contributed by atoms with Crippen molar-refractivity contribution in [2.45, 2.75) is 38.6 Å². The molecule has 1 aliphatic rings. The van der Waals surface area contributed by atoms with E-state index in [1.807, 2.05) is 54.6 Å². The third kappa shape index (κ3) is 5.33. The number of nitrogens with zero attached hydrogens (tertiary/aromatic N) is 1. The summed E-state index contributed by atoms with van der Waals surface area (Å²) in [5, 5.41) is 3.17. The molecule has 1 heterocycles. The Balaban J connectivity index is 1.48. The maximum Gasteiger partial charge on any atom is 0.251 e. The fraction of sp³-hybridized carbons (Fsp3) is 0.409. The van der Waals surface area contributed by atoms with Gasteiger partial charge in [0.05, 0.1) is 0 Å². The molecule has 26 heavy (non-hydrogen) atoms. The Kier molecular flexibility index (Phi) is 6.67. The topological polar surface area (TPSA) is 41.6 Å². The highest BCUT2D eigenvalue weighted by molar-refractivity contribution is 5.94. The summed E-state index contributed by atoms with van der Waals surface area (Å²) in [4.78, 5) is 15.0. The number of para-hydroxylation sites is 1. The van der Waals surface area contributed by atoms with Crippen LogP contribution in [-0.2, 0) is 0 Å². The molecular weight excluding hydrogens is 324 g/mol. The Morgan fingerprint density at radius 1 is 1.04 bits per heavy atom. The van der Waals surface area contributed by atoms with Gasteiger partial charge in [0.2, 0.25) is 0 Å². The van der Waals surface area contributed by atoms with Gasteiger partial charge in [-0.3, -0.25) is 4.79 Å². The van der Waals surface area contributed by atoms with Gasteiger partial charge >= 0.3 is 0 Å². The molecule has 2 aromatic rings. The zero-order chi connectivity index (χ0) is 18.2. The van der Waals surface area contributed by atoms with Gasteiger partial charge in [0.1, 0.15) is 11.5 Å². The number of nitrogens with one attached hydrogen (secondary N) is 1. The number of rotatable bonds is 7. The lowest BCUT2D eigenvalue weighted by Gasteiger charge is -2.32. The zero-order valence-electron chi connectivity index (χ0n) is 15.5. The van der Waals surface area contributed by atoms with Gasteiger partial charge in [-0.05, 0) is 62.2 Å². The lowest BCUT2D eigenvalue weighted by Crippen LogP contribution is -2.44. The fourth-order valence-electron chi connectivity index (χ4n) is 3.25. The summed E-state index contributed by atoms with van der Waals surface area (Å²) in [5.41, 5.74) is 0.679. The van der Waals surface area contributed by atoms with Gasteiger partial charge in [0.15, 0.2) is 0 Å². The summed E-state index contributed by atoms with van der Waals surface area (Å²) in [6.07, 6.45) is 4.56. The monoisotopic (exact) mass is 352 g/mol. The van der Waals surface area contributed by atoms with Crippen molar-refractivity contribution in [1.82, 2.24) is 10.2 Å². The Labute approximate surface area is 156 Å². The summed E-state index contributed by atoms with van der Waals surface area (Å²) in [6, 6.07) is 17.3. The van der Waals surface area contributed by atoms with Crippen molar-refractivity contribution in [1.29, 1.82) is 0 Å². The average Bonchev–Trinajstić information content (AvgIpc) is 2.69. The number of carbonyl (C=O) groups is 1. The van der Waals surface area contributed by atoms with Gasteiger partial charge in [-0.25, -0.2) is 0 Å². The molecule has 138 valence electrons. The molecule has 2 aromatic carbocycles. The van der Waals surface area contributed by atoms with Crippen molar-refractivity contribution in [3.63, 3.8) is 0 Å². The van der Waals surface area contributed by atoms with Crippen molar-refractivity contribution in [3.05, 3.63) is 60.2 Å². The normalized spacial score (nSPS) is 15.6. The highest BCUT2D eigenvalue weighted by Crippen LogP contribution is 2.21. The fourth-order valence-corrected chi connectivity index (χ4v) is 3.25. The molecule has 0 atom stereocenters. The Morgan fingerprint density at radius 2 is 1.69 bits per heavy atom. The highest BCUT2D eigenvalue weighted by Gasteiger charge is 2.20. The van der Waals surface area contributed by atoms with E-state index in [1.165, 1.54) is 19.4 Å². The molecule has 0 aliphatic carbocycles. The van der Waals surface area contributed by atoms with E-state index in [-0.39, 0.29) is 11.9 Å². The molecule has 0 spiro atoms. The number of likely N-dealkylation sites (tertiary alicyclic amines) is 1. The number of ether oxygens (including phenoxy) is 1. The van der Waals surface area contributed by atoms with Crippen molar-refractivity contribution in [2.24, 2.45) is 0 Å². The van der Waals surface area contributed by atoms with Crippen LogP contribution in [-0.4, -0.2) is 36.5 Å². The largest absolute Gasteiger partial charge is 0.457 e. The quantitative estimate of drug-likeness (QED) is 0.799. The van der Waals surface area contributed by atoms with Gasteiger partial charge in [-0.2, -0.15) is 0 Å². The van der Waals surface area contributed by atoms with Crippen LogP contribution >= 0.6 is 0 Å². The number of amides is 1. The molecule has 0 bridgehead atoms. The van der Waals surface area contributed by atoms with E-state index < -0.39 is 0 Å². The van der Waals surface area contributed by atoms with Crippen LogP contribution in [0.25, 0.3) is 0 Å². The third-order valence-electron chi connectivity index (χ3n) is 4.85. The minimum Gasteiger partial charge on any atom is -0.457 e. The van der Waals surface area contributed by atoms with Crippen LogP contribution in [0.2, 0.25) is 0 Å². The minimum absolute atomic E-state index is 0.00303. The smallest absolute Gasteiger partial charge is 0.251 e.